The molecule has 0 aliphatic heterocycles. The van der Waals surface area contributed by atoms with Crippen LogP contribution in [0.5, 0.6) is 5.88 Å². The van der Waals surface area contributed by atoms with Gasteiger partial charge < -0.3 is 4.74 Å². The molecule has 0 aliphatic rings. The number of aromatic nitrogens is 2. The van der Waals surface area contributed by atoms with Gasteiger partial charge in [0.1, 0.15) is 6.33 Å². The van der Waals surface area contributed by atoms with E-state index in [1.807, 2.05) is 13.8 Å². The fourth-order valence-corrected chi connectivity index (χ4v) is 1.51. The number of nitrogens with zero attached hydrogens (tertiary/aromatic N) is 3. The number of nitro benzene ring substituents is 1. The molecule has 0 spiro atoms. The summed E-state index contributed by atoms with van der Waals surface area (Å²) >= 11 is 0. The monoisotopic (exact) mass is 233 g/mol. The van der Waals surface area contributed by atoms with Crippen molar-refractivity contribution in [3.8, 4) is 5.88 Å². The van der Waals surface area contributed by atoms with Crippen molar-refractivity contribution in [2.45, 2.75) is 20.0 Å². The molecule has 0 bridgehead atoms. The van der Waals surface area contributed by atoms with E-state index < -0.39 is 4.92 Å². The first-order valence-electron chi connectivity index (χ1n) is 5.14. The minimum Gasteiger partial charge on any atom is -0.474 e. The lowest BCUT2D eigenvalue weighted by Crippen LogP contribution is -2.07. The second-order valence-electron chi connectivity index (χ2n) is 3.78. The molecule has 0 fully saturated rings. The van der Waals surface area contributed by atoms with Crippen LogP contribution in [0.25, 0.3) is 10.9 Å². The van der Waals surface area contributed by atoms with E-state index in [2.05, 4.69) is 9.97 Å². The molecular weight excluding hydrogens is 222 g/mol. The lowest BCUT2D eigenvalue weighted by molar-refractivity contribution is -0.383. The van der Waals surface area contributed by atoms with E-state index in [0.717, 1.165) is 0 Å². The Kier molecular flexibility index (Phi) is 2.86. The summed E-state index contributed by atoms with van der Waals surface area (Å²) in [6, 6.07) is 4.71. The van der Waals surface area contributed by atoms with Crippen LogP contribution >= 0.6 is 0 Å². The van der Waals surface area contributed by atoms with Gasteiger partial charge in [-0.1, -0.05) is 6.07 Å². The average molecular weight is 233 g/mol. The van der Waals surface area contributed by atoms with E-state index in [1.165, 1.54) is 12.4 Å². The molecular formula is C11H11N3O3. The topological polar surface area (TPSA) is 78.2 Å². The first kappa shape index (κ1) is 11.3. The number of nitro groups is 1. The molecule has 0 saturated carbocycles. The Labute approximate surface area is 97.4 Å². The number of benzene rings is 1. The van der Waals surface area contributed by atoms with E-state index in [-0.39, 0.29) is 11.8 Å². The minimum atomic E-state index is -0.464. The van der Waals surface area contributed by atoms with Crippen LogP contribution in [-0.2, 0) is 0 Å². The fraction of sp³-hybridized carbons (Fsp3) is 0.273. The maximum Gasteiger partial charge on any atom is 0.295 e. The van der Waals surface area contributed by atoms with Gasteiger partial charge in [-0.3, -0.25) is 10.1 Å². The van der Waals surface area contributed by atoms with Gasteiger partial charge in [0, 0.05) is 6.07 Å². The van der Waals surface area contributed by atoms with Crippen molar-refractivity contribution in [3.05, 3.63) is 34.6 Å². The zero-order valence-corrected chi connectivity index (χ0v) is 9.45. The molecule has 1 aromatic heterocycles. The van der Waals surface area contributed by atoms with Gasteiger partial charge in [-0.15, -0.1) is 0 Å². The molecule has 0 radical (unpaired) electrons. The van der Waals surface area contributed by atoms with Gasteiger partial charge in [0.2, 0.25) is 5.88 Å². The van der Waals surface area contributed by atoms with Crippen molar-refractivity contribution in [2.24, 2.45) is 0 Å². The highest BCUT2D eigenvalue weighted by atomic mass is 16.6. The molecule has 88 valence electrons. The van der Waals surface area contributed by atoms with Crippen LogP contribution in [0.3, 0.4) is 0 Å². The summed E-state index contributed by atoms with van der Waals surface area (Å²) in [5, 5.41) is 11.4. The standard InChI is InChI=1S/C11H11N3O3/c1-7(2)17-11-8-4-3-5-9(14(15)16)10(8)12-6-13-11/h3-7H,1-2H3. The summed E-state index contributed by atoms with van der Waals surface area (Å²) < 4.78 is 5.49. The summed E-state index contributed by atoms with van der Waals surface area (Å²) in [6.45, 7) is 3.73. The maximum absolute atomic E-state index is 10.9. The number of ether oxygens (including phenoxy) is 1. The van der Waals surface area contributed by atoms with Crippen LogP contribution < -0.4 is 4.74 Å². The van der Waals surface area contributed by atoms with E-state index in [1.54, 1.807) is 12.1 Å². The Morgan fingerprint density at radius 2 is 2.12 bits per heavy atom. The molecule has 2 aromatic rings. The predicted molar refractivity (Wildman–Crippen MR) is 62.0 cm³/mol. The Balaban J connectivity index is 2.65. The van der Waals surface area contributed by atoms with Crippen LogP contribution in [-0.4, -0.2) is 21.0 Å². The molecule has 0 unspecified atom stereocenters. The predicted octanol–water partition coefficient (Wildman–Crippen LogP) is 2.33. The second kappa shape index (κ2) is 4.32. The number of hydrogen-bond donors (Lipinski definition) is 0. The first-order chi connectivity index (χ1) is 8.09. The SMILES string of the molecule is CC(C)Oc1ncnc2c([N+](=O)[O-])cccc12. The van der Waals surface area contributed by atoms with Crippen molar-refractivity contribution in [2.75, 3.05) is 0 Å². The van der Waals surface area contributed by atoms with Crippen LogP contribution in [0.4, 0.5) is 5.69 Å². The smallest absolute Gasteiger partial charge is 0.295 e. The molecule has 0 N–H and O–H groups in total. The van der Waals surface area contributed by atoms with Gasteiger partial charge >= 0.3 is 0 Å². The zero-order valence-electron chi connectivity index (χ0n) is 9.45. The third-order valence-corrected chi connectivity index (χ3v) is 2.15. The third-order valence-electron chi connectivity index (χ3n) is 2.15. The van der Waals surface area contributed by atoms with Crippen molar-refractivity contribution in [1.82, 2.24) is 9.97 Å². The number of hydrogen-bond acceptors (Lipinski definition) is 5. The van der Waals surface area contributed by atoms with E-state index >= 15 is 0 Å². The number of fused-ring (bicyclic) bond motifs is 1. The van der Waals surface area contributed by atoms with Crippen molar-refractivity contribution in [3.63, 3.8) is 0 Å². The Bertz CT molecular complexity index is 569. The van der Waals surface area contributed by atoms with Gasteiger partial charge in [0.05, 0.1) is 16.4 Å². The van der Waals surface area contributed by atoms with Gasteiger partial charge in [-0.25, -0.2) is 9.97 Å². The molecule has 6 heteroatoms. The van der Waals surface area contributed by atoms with Crippen LogP contribution in [0.1, 0.15) is 13.8 Å². The van der Waals surface area contributed by atoms with Crippen LogP contribution in [0, 0.1) is 10.1 Å². The third kappa shape index (κ3) is 2.15. The lowest BCUT2D eigenvalue weighted by Gasteiger charge is -2.10. The Hall–Kier alpha value is -2.24. The highest BCUT2D eigenvalue weighted by molar-refractivity contribution is 5.90. The maximum atomic E-state index is 10.9. The molecule has 2 rings (SSSR count). The minimum absolute atomic E-state index is 0.0430. The second-order valence-corrected chi connectivity index (χ2v) is 3.78. The van der Waals surface area contributed by atoms with E-state index in [9.17, 15) is 10.1 Å². The first-order valence-corrected chi connectivity index (χ1v) is 5.14. The van der Waals surface area contributed by atoms with Gasteiger partial charge in [-0.2, -0.15) is 0 Å². The molecule has 0 saturated heterocycles. The summed E-state index contributed by atoms with van der Waals surface area (Å²) in [6.07, 6.45) is 1.22. The summed E-state index contributed by atoms with van der Waals surface area (Å²) in [5.74, 6) is 0.369. The molecule has 0 atom stereocenters. The average Bonchev–Trinajstić information content (AvgIpc) is 2.28. The number of rotatable bonds is 3. The van der Waals surface area contributed by atoms with E-state index in [0.29, 0.717) is 16.8 Å². The summed E-state index contributed by atoms with van der Waals surface area (Å²) in [4.78, 5) is 18.3. The van der Waals surface area contributed by atoms with Gasteiger partial charge in [0.15, 0.2) is 5.52 Å². The molecule has 6 nitrogen and oxygen atoms in total. The van der Waals surface area contributed by atoms with Crippen LogP contribution in [0.15, 0.2) is 24.5 Å². The Morgan fingerprint density at radius 1 is 1.35 bits per heavy atom. The summed E-state index contributed by atoms with van der Waals surface area (Å²) in [5.41, 5.74) is 0.252. The molecule has 1 aromatic carbocycles. The molecule has 0 amide bonds. The van der Waals surface area contributed by atoms with Crippen molar-refractivity contribution in [1.29, 1.82) is 0 Å². The quantitative estimate of drug-likeness (QED) is 0.600. The van der Waals surface area contributed by atoms with E-state index in [4.69, 9.17) is 4.74 Å². The molecule has 17 heavy (non-hydrogen) atoms. The zero-order chi connectivity index (χ0) is 12.4. The van der Waals surface area contributed by atoms with Crippen molar-refractivity contribution < 1.29 is 9.66 Å². The van der Waals surface area contributed by atoms with Gasteiger partial charge in [-0.05, 0) is 19.9 Å². The fourth-order valence-electron chi connectivity index (χ4n) is 1.51. The van der Waals surface area contributed by atoms with Crippen LogP contribution in [0.2, 0.25) is 0 Å². The molecule has 1 heterocycles. The molecule has 0 aliphatic carbocycles. The summed E-state index contributed by atoms with van der Waals surface area (Å²) in [7, 11) is 0. The number of para-hydroxylation sites is 1. The van der Waals surface area contributed by atoms with Gasteiger partial charge in [0.25, 0.3) is 5.69 Å². The lowest BCUT2D eigenvalue weighted by atomic mass is 10.2. The largest absolute Gasteiger partial charge is 0.474 e. The highest BCUT2D eigenvalue weighted by Gasteiger charge is 2.16. The van der Waals surface area contributed by atoms with Crippen molar-refractivity contribution >= 4 is 16.6 Å². The normalized spacial score (nSPS) is 10.8. The Morgan fingerprint density at radius 3 is 2.76 bits per heavy atom. The number of non-ortho nitro benzene ring substituents is 1. The highest BCUT2D eigenvalue weighted by Crippen LogP contribution is 2.28.